The molecular weight excluding hydrogens is 319 g/mol. The molecule has 1 fully saturated rings. The second-order valence-electron chi connectivity index (χ2n) is 6.87. The van der Waals surface area contributed by atoms with E-state index in [1.54, 1.807) is 20.0 Å². The van der Waals surface area contributed by atoms with Crippen LogP contribution in [0.3, 0.4) is 0 Å². The highest BCUT2D eigenvalue weighted by atomic mass is 19.1. The van der Waals surface area contributed by atoms with Crippen LogP contribution in [0.4, 0.5) is 10.2 Å². The van der Waals surface area contributed by atoms with Crippen LogP contribution in [0.5, 0.6) is 0 Å². The van der Waals surface area contributed by atoms with Gasteiger partial charge in [0.2, 0.25) is 0 Å². The number of fused-ring (bicyclic) bond motifs is 1. The van der Waals surface area contributed by atoms with E-state index in [4.69, 9.17) is 4.98 Å². The number of nitrogens with zero attached hydrogens (tertiary/aromatic N) is 4. The van der Waals surface area contributed by atoms with Gasteiger partial charge in [-0.3, -0.25) is 5.10 Å². The first-order valence-corrected chi connectivity index (χ1v) is 8.46. The quantitative estimate of drug-likeness (QED) is 0.766. The first-order chi connectivity index (χ1) is 12.0. The predicted octanol–water partition coefficient (Wildman–Crippen LogP) is 2.79. The highest BCUT2D eigenvalue weighted by Crippen LogP contribution is 2.26. The van der Waals surface area contributed by atoms with Crippen molar-refractivity contribution < 1.29 is 5.82 Å². The average molecular weight is 342 g/mol. The maximum Gasteiger partial charge on any atom is 0.181 e. The summed E-state index contributed by atoms with van der Waals surface area (Å²) in [4.78, 5) is 11.2. The Morgan fingerprint density at radius 2 is 2.16 bits per heavy atom. The van der Waals surface area contributed by atoms with Crippen molar-refractivity contribution in [2.24, 2.45) is 0 Å². The van der Waals surface area contributed by atoms with Gasteiger partial charge in [0.25, 0.3) is 0 Å². The molecule has 0 bridgehead atoms. The monoisotopic (exact) mass is 342 g/mol. The van der Waals surface area contributed by atoms with E-state index in [2.05, 4.69) is 25.4 Å². The maximum atomic E-state index is 14.3. The zero-order chi connectivity index (χ0) is 17.4. The van der Waals surface area contributed by atoms with Crippen LogP contribution in [0, 0.1) is 0 Å². The van der Waals surface area contributed by atoms with Gasteiger partial charge in [0, 0.05) is 32.6 Å². The molecule has 0 amide bonds. The van der Waals surface area contributed by atoms with Gasteiger partial charge in [-0.25, -0.2) is 14.4 Å². The molecule has 1 aliphatic rings. The Morgan fingerprint density at radius 3 is 3.00 bits per heavy atom. The van der Waals surface area contributed by atoms with Gasteiger partial charge in [0.15, 0.2) is 5.65 Å². The van der Waals surface area contributed by atoms with Gasteiger partial charge in [-0.15, -0.1) is 0 Å². The number of alkyl halides is 1. The van der Waals surface area contributed by atoms with Gasteiger partial charge < -0.3 is 10.2 Å². The fraction of sp³-hybridized carbons (Fsp3) is 0.389. The molecule has 1 saturated heterocycles. The topological polar surface area (TPSA) is 69.7 Å². The van der Waals surface area contributed by atoms with Crippen LogP contribution in [0.2, 0.25) is 0 Å². The molecule has 6 nitrogen and oxygen atoms in total. The second-order valence-corrected chi connectivity index (χ2v) is 6.87. The summed E-state index contributed by atoms with van der Waals surface area (Å²) in [5.74, 6) is 0.847. The molecule has 0 radical (unpaired) electrons. The van der Waals surface area contributed by atoms with E-state index in [-0.39, 0.29) is 7.47 Å². The molecule has 3 aromatic heterocycles. The lowest BCUT2D eigenvalue weighted by molar-refractivity contribution is 0.143. The Labute approximate surface area is 147 Å². The molecule has 25 heavy (non-hydrogen) atoms. The summed E-state index contributed by atoms with van der Waals surface area (Å²) in [5.41, 5.74) is 1.05. The summed E-state index contributed by atoms with van der Waals surface area (Å²) in [6.45, 7) is 5.35. The molecular formula is C18H23FN6. The summed E-state index contributed by atoms with van der Waals surface area (Å²) < 4.78 is 14.3. The molecule has 4 rings (SSSR count). The molecule has 1 aliphatic heterocycles. The van der Waals surface area contributed by atoms with Crippen LogP contribution in [0.1, 0.15) is 15.3 Å². The minimum absolute atomic E-state index is 0. The van der Waals surface area contributed by atoms with Gasteiger partial charge in [-0.2, -0.15) is 5.10 Å². The zero-order valence-corrected chi connectivity index (χ0v) is 14.3. The fourth-order valence-electron chi connectivity index (χ4n) is 3.20. The van der Waals surface area contributed by atoms with Crippen LogP contribution < -0.4 is 10.2 Å². The fourth-order valence-corrected chi connectivity index (χ4v) is 3.20. The third-order valence-corrected chi connectivity index (χ3v) is 4.65. The lowest BCUT2D eigenvalue weighted by Gasteiger charge is -2.38. The van der Waals surface area contributed by atoms with E-state index in [1.165, 1.54) is 0 Å². The number of rotatable bonds is 3. The Morgan fingerprint density at radius 1 is 1.28 bits per heavy atom. The molecule has 7 heteroatoms. The number of pyridine rings is 2. The van der Waals surface area contributed by atoms with Crippen LogP contribution >= 0.6 is 0 Å². The average Bonchev–Trinajstić information content (AvgIpc) is 3.05. The predicted molar refractivity (Wildman–Crippen MR) is 98.4 cm³/mol. The minimum Gasteiger partial charge on any atom is -0.354 e. The van der Waals surface area contributed by atoms with E-state index in [9.17, 15) is 4.39 Å². The Bertz CT molecular complexity index is 891. The van der Waals surface area contributed by atoms with Crippen molar-refractivity contribution in [2.75, 3.05) is 24.5 Å². The van der Waals surface area contributed by atoms with Gasteiger partial charge >= 0.3 is 0 Å². The minimum atomic E-state index is -1.28. The maximum absolute atomic E-state index is 14.3. The second kappa shape index (κ2) is 6.07. The van der Waals surface area contributed by atoms with E-state index >= 15 is 0 Å². The third kappa shape index (κ3) is 3.07. The number of hydrogen-bond donors (Lipinski definition) is 2. The first kappa shape index (κ1) is 16.0. The van der Waals surface area contributed by atoms with Gasteiger partial charge in [-0.05, 0) is 38.1 Å². The van der Waals surface area contributed by atoms with Crippen LogP contribution in [0.25, 0.3) is 22.4 Å². The van der Waals surface area contributed by atoms with Crippen molar-refractivity contribution in [1.82, 2.24) is 25.5 Å². The zero-order valence-electron chi connectivity index (χ0n) is 14.3. The molecule has 4 heterocycles. The van der Waals surface area contributed by atoms with Gasteiger partial charge in [-0.1, -0.05) is 6.07 Å². The standard InChI is InChI=1S/C18H21FN6.H2/c1-18(2,19)14-11-25(10-9-20-14)15-7-3-6-13(22-15)16-12-5-4-8-21-17(12)24-23-16;/h3-8,14,20H,9-11H2,1-2H3,(H,21,23,24);1H. The number of piperazine rings is 1. The smallest absolute Gasteiger partial charge is 0.181 e. The molecule has 0 spiro atoms. The summed E-state index contributed by atoms with van der Waals surface area (Å²) in [7, 11) is 0. The molecule has 0 aromatic carbocycles. The lowest BCUT2D eigenvalue weighted by atomic mass is 9.98. The number of aromatic amines is 1. The van der Waals surface area contributed by atoms with Crippen LogP contribution in [-0.4, -0.2) is 51.5 Å². The number of hydrogen-bond acceptors (Lipinski definition) is 5. The summed E-state index contributed by atoms with van der Waals surface area (Å²) in [5, 5.41) is 11.5. The third-order valence-electron chi connectivity index (χ3n) is 4.65. The summed E-state index contributed by atoms with van der Waals surface area (Å²) in [6, 6.07) is 9.52. The summed E-state index contributed by atoms with van der Waals surface area (Å²) in [6.07, 6.45) is 1.72. The van der Waals surface area contributed by atoms with Crippen molar-refractivity contribution in [3.8, 4) is 11.4 Å². The molecule has 132 valence electrons. The normalized spacial score (nSPS) is 18.7. The van der Waals surface area contributed by atoms with Crippen molar-refractivity contribution in [3.63, 3.8) is 0 Å². The molecule has 1 unspecified atom stereocenters. The number of H-pyrrole nitrogens is 1. The highest BCUT2D eigenvalue weighted by molar-refractivity contribution is 5.89. The molecule has 3 aromatic rings. The van der Waals surface area contributed by atoms with Crippen molar-refractivity contribution in [2.45, 2.75) is 25.6 Å². The Balaban J connectivity index is 0.00000196. The molecule has 1 atom stereocenters. The van der Waals surface area contributed by atoms with Crippen molar-refractivity contribution >= 4 is 16.9 Å². The van der Waals surface area contributed by atoms with Gasteiger partial charge in [0.05, 0.1) is 17.4 Å². The number of nitrogens with one attached hydrogen (secondary N) is 2. The highest BCUT2D eigenvalue weighted by Gasteiger charge is 2.33. The summed E-state index contributed by atoms with van der Waals surface area (Å²) >= 11 is 0. The van der Waals surface area contributed by atoms with E-state index in [0.717, 1.165) is 35.7 Å². The van der Waals surface area contributed by atoms with Crippen molar-refractivity contribution in [3.05, 3.63) is 36.5 Å². The van der Waals surface area contributed by atoms with E-state index in [0.29, 0.717) is 12.2 Å². The van der Waals surface area contributed by atoms with E-state index in [1.807, 2.05) is 30.3 Å². The molecule has 0 aliphatic carbocycles. The van der Waals surface area contributed by atoms with Crippen LogP contribution in [0.15, 0.2) is 36.5 Å². The van der Waals surface area contributed by atoms with Gasteiger partial charge in [0.1, 0.15) is 11.5 Å². The number of aromatic nitrogens is 4. The number of anilines is 1. The van der Waals surface area contributed by atoms with Crippen molar-refractivity contribution in [1.29, 1.82) is 0 Å². The molecule has 0 saturated carbocycles. The van der Waals surface area contributed by atoms with Crippen LogP contribution in [-0.2, 0) is 0 Å². The Hall–Kier alpha value is -2.54. The lowest BCUT2D eigenvalue weighted by Crippen LogP contribution is -2.58. The largest absolute Gasteiger partial charge is 0.354 e. The molecule has 2 N–H and O–H groups in total. The number of halogens is 1. The van der Waals surface area contributed by atoms with E-state index < -0.39 is 5.67 Å². The first-order valence-electron chi connectivity index (χ1n) is 8.46. The Kier molecular flexibility index (Phi) is 3.88. The SMILES string of the molecule is CC(C)(F)C1CN(c2cccc(-c3[nH]nc4ncccc34)n2)CCN1.[HH].